The molecular weight excluding hydrogens is 224 g/mol. The van der Waals surface area contributed by atoms with Crippen molar-refractivity contribution < 1.29 is 4.79 Å². The van der Waals surface area contributed by atoms with E-state index in [2.05, 4.69) is 37.9 Å². The lowest BCUT2D eigenvalue weighted by Gasteiger charge is -2.38. The Balaban J connectivity index is 2.10. The molecule has 2 unspecified atom stereocenters. The molecule has 1 heterocycles. The molecule has 3 nitrogen and oxygen atoms in total. The number of hydrogen-bond donors (Lipinski definition) is 1. The van der Waals surface area contributed by atoms with E-state index in [9.17, 15) is 4.79 Å². The van der Waals surface area contributed by atoms with Crippen LogP contribution in [0.25, 0.3) is 0 Å². The first-order chi connectivity index (χ1) is 8.54. The Morgan fingerprint density at radius 3 is 2.39 bits per heavy atom. The number of rotatable bonds is 3. The zero-order valence-corrected chi connectivity index (χ0v) is 12.3. The zero-order chi connectivity index (χ0) is 13.3. The van der Waals surface area contributed by atoms with Gasteiger partial charge in [-0.15, -0.1) is 0 Å². The highest BCUT2D eigenvalue weighted by atomic mass is 16.2. The maximum absolute atomic E-state index is 12.5. The van der Waals surface area contributed by atoms with Crippen LogP contribution in [0.3, 0.4) is 0 Å². The van der Waals surface area contributed by atoms with Crippen molar-refractivity contribution in [2.45, 2.75) is 78.0 Å². The first-order valence-electron chi connectivity index (χ1n) is 7.62. The van der Waals surface area contributed by atoms with Gasteiger partial charge < -0.3 is 4.90 Å². The highest BCUT2D eigenvalue weighted by molar-refractivity contribution is 5.84. The molecule has 0 aromatic heterocycles. The fourth-order valence-corrected chi connectivity index (χ4v) is 3.41. The van der Waals surface area contributed by atoms with Crippen LogP contribution in [0.1, 0.15) is 59.8 Å². The molecule has 1 aliphatic carbocycles. The first kappa shape index (κ1) is 13.9. The van der Waals surface area contributed by atoms with Gasteiger partial charge in [-0.1, -0.05) is 27.7 Å². The maximum atomic E-state index is 12.5. The summed E-state index contributed by atoms with van der Waals surface area (Å²) in [6.07, 6.45) is 6.08. The van der Waals surface area contributed by atoms with Crippen LogP contribution in [0, 0.1) is 11.8 Å². The molecule has 1 amide bonds. The minimum atomic E-state index is 0.0525. The lowest BCUT2D eigenvalue weighted by atomic mass is 9.86. The van der Waals surface area contributed by atoms with E-state index in [0.29, 0.717) is 17.9 Å². The Bertz CT molecular complexity index is 295. The highest BCUT2D eigenvalue weighted by Crippen LogP contribution is 2.32. The second-order valence-corrected chi connectivity index (χ2v) is 6.48. The monoisotopic (exact) mass is 252 g/mol. The van der Waals surface area contributed by atoms with E-state index < -0.39 is 0 Å². The highest BCUT2D eigenvalue weighted by Gasteiger charge is 2.43. The van der Waals surface area contributed by atoms with Crippen LogP contribution >= 0.6 is 0 Å². The van der Waals surface area contributed by atoms with E-state index in [0.717, 1.165) is 12.3 Å². The lowest BCUT2D eigenvalue weighted by Crippen LogP contribution is -2.48. The molecule has 0 aromatic carbocycles. The summed E-state index contributed by atoms with van der Waals surface area (Å²) in [7, 11) is 0. The summed E-state index contributed by atoms with van der Waals surface area (Å²) in [5.74, 6) is 1.67. The van der Waals surface area contributed by atoms with Crippen molar-refractivity contribution in [1.29, 1.82) is 0 Å². The van der Waals surface area contributed by atoms with E-state index >= 15 is 0 Å². The summed E-state index contributed by atoms with van der Waals surface area (Å²) in [5, 5.41) is 3.52. The van der Waals surface area contributed by atoms with Crippen LogP contribution in [-0.2, 0) is 4.79 Å². The normalized spacial score (nSPS) is 37.6. The number of nitrogens with zero attached hydrogens (tertiary/aromatic N) is 1. The van der Waals surface area contributed by atoms with Crippen molar-refractivity contribution in [3.8, 4) is 0 Å². The molecule has 18 heavy (non-hydrogen) atoms. The largest absolute Gasteiger partial charge is 0.323 e. The summed E-state index contributed by atoms with van der Waals surface area (Å²) in [4.78, 5) is 14.7. The molecule has 0 radical (unpaired) electrons. The zero-order valence-electron chi connectivity index (χ0n) is 12.3. The molecule has 0 aromatic rings. The van der Waals surface area contributed by atoms with Crippen molar-refractivity contribution in [1.82, 2.24) is 10.2 Å². The van der Waals surface area contributed by atoms with Crippen LogP contribution in [-0.4, -0.2) is 29.1 Å². The SMILES string of the molecule is CCC1NC(C(C)C)N(C2CCC(C)CC2)C1=O. The molecule has 1 saturated carbocycles. The van der Waals surface area contributed by atoms with Crippen molar-refractivity contribution in [2.75, 3.05) is 0 Å². The summed E-state index contributed by atoms with van der Waals surface area (Å²) < 4.78 is 0. The van der Waals surface area contributed by atoms with Gasteiger partial charge in [0.25, 0.3) is 0 Å². The average Bonchev–Trinajstić information content (AvgIpc) is 2.68. The van der Waals surface area contributed by atoms with Gasteiger partial charge >= 0.3 is 0 Å². The number of hydrogen-bond acceptors (Lipinski definition) is 2. The molecule has 1 N–H and O–H groups in total. The van der Waals surface area contributed by atoms with Gasteiger partial charge in [0, 0.05) is 6.04 Å². The Kier molecular flexibility index (Phi) is 4.31. The maximum Gasteiger partial charge on any atom is 0.241 e. The van der Waals surface area contributed by atoms with Gasteiger partial charge in [-0.2, -0.15) is 0 Å². The number of amides is 1. The number of carbonyl (C=O) groups excluding carboxylic acids is 1. The third-order valence-corrected chi connectivity index (χ3v) is 4.64. The Morgan fingerprint density at radius 2 is 1.89 bits per heavy atom. The summed E-state index contributed by atoms with van der Waals surface area (Å²) in [6.45, 7) is 8.84. The van der Waals surface area contributed by atoms with Gasteiger partial charge in [0.05, 0.1) is 12.2 Å². The Hall–Kier alpha value is -0.570. The van der Waals surface area contributed by atoms with Gasteiger partial charge in [0.2, 0.25) is 5.91 Å². The predicted molar refractivity (Wildman–Crippen MR) is 74.1 cm³/mol. The van der Waals surface area contributed by atoms with Gasteiger partial charge in [-0.25, -0.2) is 0 Å². The fourth-order valence-electron chi connectivity index (χ4n) is 3.41. The van der Waals surface area contributed by atoms with Gasteiger partial charge in [-0.05, 0) is 43.9 Å². The van der Waals surface area contributed by atoms with Crippen LogP contribution in [0.4, 0.5) is 0 Å². The molecule has 2 rings (SSSR count). The minimum absolute atomic E-state index is 0.0525. The average molecular weight is 252 g/mol. The Morgan fingerprint density at radius 1 is 1.28 bits per heavy atom. The van der Waals surface area contributed by atoms with Gasteiger partial charge in [-0.3, -0.25) is 10.1 Å². The van der Waals surface area contributed by atoms with Gasteiger partial charge in [0.15, 0.2) is 0 Å². The van der Waals surface area contributed by atoms with E-state index in [4.69, 9.17) is 0 Å². The minimum Gasteiger partial charge on any atom is -0.323 e. The fraction of sp³-hybridized carbons (Fsp3) is 0.933. The second kappa shape index (κ2) is 5.60. The van der Waals surface area contributed by atoms with Crippen LogP contribution in [0.15, 0.2) is 0 Å². The van der Waals surface area contributed by atoms with Crippen molar-refractivity contribution in [3.63, 3.8) is 0 Å². The molecule has 1 saturated heterocycles. The topological polar surface area (TPSA) is 32.3 Å². The summed E-state index contributed by atoms with van der Waals surface area (Å²) in [5.41, 5.74) is 0. The standard InChI is InChI=1S/C15H28N2O/c1-5-13-15(18)17(14(16-13)10(2)3)12-8-6-11(4)7-9-12/h10-14,16H,5-9H2,1-4H3. The molecule has 2 atom stereocenters. The van der Waals surface area contributed by atoms with E-state index in [-0.39, 0.29) is 12.2 Å². The molecule has 1 aliphatic heterocycles. The molecule has 2 aliphatic rings. The van der Waals surface area contributed by atoms with E-state index in [1.54, 1.807) is 0 Å². The predicted octanol–water partition coefficient (Wildman–Crippen LogP) is 2.76. The number of nitrogens with one attached hydrogen (secondary N) is 1. The van der Waals surface area contributed by atoms with Crippen LogP contribution in [0.5, 0.6) is 0 Å². The van der Waals surface area contributed by atoms with Crippen molar-refractivity contribution in [3.05, 3.63) is 0 Å². The smallest absolute Gasteiger partial charge is 0.241 e. The molecule has 3 heteroatoms. The molecular formula is C15H28N2O. The summed E-state index contributed by atoms with van der Waals surface area (Å²) >= 11 is 0. The first-order valence-corrected chi connectivity index (χ1v) is 7.62. The molecule has 0 spiro atoms. The summed E-state index contributed by atoms with van der Waals surface area (Å²) in [6, 6.07) is 0.530. The van der Waals surface area contributed by atoms with E-state index in [1.807, 2.05) is 0 Å². The van der Waals surface area contributed by atoms with E-state index in [1.165, 1.54) is 25.7 Å². The van der Waals surface area contributed by atoms with Crippen molar-refractivity contribution in [2.24, 2.45) is 11.8 Å². The van der Waals surface area contributed by atoms with Gasteiger partial charge in [0.1, 0.15) is 0 Å². The second-order valence-electron chi connectivity index (χ2n) is 6.48. The third-order valence-electron chi connectivity index (χ3n) is 4.64. The quantitative estimate of drug-likeness (QED) is 0.837. The molecule has 2 fully saturated rings. The van der Waals surface area contributed by atoms with Crippen LogP contribution in [0.2, 0.25) is 0 Å². The Labute approximate surface area is 111 Å². The van der Waals surface area contributed by atoms with Crippen LogP contribution < -0.4 is 5.32 Å². The number of carbonyl (C=O) groups is 1. The lowest BCUT2D eigenvalue weighted by molar-refractivity contribution is -0.133. The third kappa shape index (κ3) is 2.56. The molecule has 104 valence electrons. The molecule has 0 bridgehead atoms. The van der Waals surface area contributed by atoms with Crippen molar-refractivity contribution >= 4 is 5.91 Å².